The Morgan fingerprint density at radius 2 is 2.39 bits per heavy atom. The number of aliphatic hydroxyl groups is 1. The molecule has 1 aliphatic rings. The molecule has 0 unspecified atom stereocenters. The molecule has 2 atom stereocenters. The van der Waals surface area contributed by atoms with Crippen molar-refractivity contribution in [1.29, 1.82) is 0 Å². The molecule has 0 spiro atoms. The zero-order chi connectivity index (χ0) is 12.7. The summed E-state index contributed by atoms with van der Waals surface area (Å²) in [6.45, 7) is -0.0509. The van der Waals surface area contributed by atoms with Gasteiger partial charge < -0.3 is 20.6 Å². The lowest BCUT2D eigenvalue weighted by Crippen LogP contribution is -2.23. The Balaban J connectivity index is 2.10. The Labute approximate surface area is 101 Å². The minimum atomic E-state index is -0.419. The van der Waals surface area contributed by atoms with E-state index >= 15 is 0 Å². The predicted octanol–water partition coefficient (Wildman–Crippen LogP) is -0.628. The monoisotopic (exact) mass is 251 g/mol. The SMILES string of the molecule is Nc1ncnc2c1[nH]c(=O)n2[C@H]1CC[C@@H](CO)O1. The molecule has 4 N–H and O–H groups in total. The lowest BCUT2D eigenvalue weighted by atomic mass is 10.2. The van der Waals surface area contributed by atoms with E-state index < -0.39 is 6.23 Å². The van der Waals surface area contributed by atoms with Crippen molar-refractivity contribution >= 4 is 17.0 Å². The maximum Gasteiger partial charge on any atom is 0.329 e. The number of H-pyrrole nitrogens is 1. The number of aromatic amines is 1. The molecule has 2 aromatic heterocycles. The highest BCUT2D eigenvalue weighted by atomic mass is 16.5. The quantitative estimate of drug-likeness (QED) is 0.654. The predicted molar refractivity (Wildman–Crippen MR) is 62.8 cm³/mol. The van der Waals surface area contributed by atoms with Gasteiger partial charge in [0.05, 0.1) is 12.7 Å². The molecule has 18 heavy (non-hydrogen) atoms. The van der Waals surface area contributed by atoms with Crippen LogP contribution in [0.25, 0.3) is 11.2 Å². The number of ether oxygens (including phenoxy) is 1. The summed E-state index contributed by atoms with van der Waals surface area (Å²) in [6.07, 6.45) is 2.02. The molecule has 0 amide bonds. The van der Waals surface area contributed by atoms with E-state index in [2.05, 4.69) is 15.0 Å². The van der Waals surface area contributed by atoms with Gasteiger partial charge in [0.1, 0.15) is 18.1 Å². The fourth-order valence-electron chi connectivity index (χ4n) is 2.23. The van der Waals surface area contributed by atoms with Crippen LogP contribution in [0.2, 0.25) is 0 Å². The summed E-state index contributed by atoms with van der Waals surface area (Å²) in [5.41, 5.74) is 6.18. The Hall–Kier alpha value is -1.93. The first-order valence-corrected chi connectivity index (χ1v) is 5.67. The summed E-state index contributed by atoms with van der Waals surface area (Å²) < 4.78 is 7.00. The van der Waals surface area contributed by atoms with Crippen molar-refractivity contribution in [1.82, 2.24) is 19.5 Å². The van der Waals surface area contributed by atoms with Gasteiger partial charge in [-0.15, -0.1) is 0 Å². The van der Waals surface area contributed by atoms with Gasteiger partial charge in [-0.1, -0.05) is 0 Å². The number of rotatable bonds is 2. The second-order valence-corrected chi connectivity index (χ2v) is 4.23. The van der Waals surface area contributed by atoms with Gasteiger partial charge >= 0.3 is 5.69 Å². The van der Waals surface area contributed by atoms with E-state index in [1.165, 1.54) is 10.9 Å². The number of anilines is 1. The van der Waals surface area contributed by atoms with E-state index in [1.54, 1.807) is 0 Å². The van der Waals surface area contributed by atoms with Gasteiger partial charge in [0.2, 0.25) is 0 Å². The van der Waals surface area contributed by atoms with Crippen molar-refractivity contribution in [3.05, 3.63) is 16.8 Å². The molecule has 0 bridgehead atoms. The molecule has 0 aliphatic carbocycles. The van der Waals surface area contributed by atoms with Crippen molar-refractivity contribution in [2.24, 2.45) is 0 Å². The first kappa shape index (κ1) is 11.2. The summed E-state index contributed by atoms with van der Waals surface area (Å²) in [5, 5.41) is 9.04. The van der Waals surface area contributed by atoms with Crippen molar-refractivity contribution in [2.45, 2.75) is 25.2 Å². The average molecular weight is 251 g/mol. The second-order valence-electron chi connectivity index (χ2n) is 4.23. The lowest BCUT2D eigenvalue weighted by molar-refractivity contribution is -0.0221. The van der Waals surface area contributed by atoms with Gasteiger partial charge in [-0.05, 0) is 12.8 Å². The standard InChI is InChI=1S/C10H13N5O3/c11-8-7-9(13-4-12-8)15(10(17)14-7)6-2-1-5(3-16)18-6/h4-6,16H,1-3H2,(H,14,17)(H2,11,12,13)/t5-,6+/m0/s1. The number of nitrogens with two attached hydrogens (primary N) is 1. The largest absolute Gasteiger partial charge is 0.394 e. The molecule has 1 aliphatic heterocycles. The van der Waals surface area contributed by atoms with Crippen LogP contribution >= 0.6 is 0 Å². The van der Waals surface area contributed by atoms with E-state index in [-0.39, 0.29) is 24.2 Å². The van der Waals surface area contributed by atoms with Gasteiger partial charge in [-0.2, -0.15) is 0 Å². The third kappa shape index (κ3) is 1.57. The average Bonchev–Trinajstić information content (AvgIpc) is 2.93. The molecule has 8 nitrogen and oxygen atoms in total. The minimum absolute atomic E-state index is 0.0509. The highest BCUT2D eigenvalue weighted by Gasteiger charge is 2.29. The normalized spacial score (nSPS) is 23.8. The highest BCUT2D eigenvalue weighted by molar-refractivity contribution is 5.81. The molecule has 8 heteroatoms. The molecule has 0 aromatic carbocycles. The number of nitrogen functional groups attached to an aromatic ring is 1. The second kappa shape index (κ2) is 4.07. The van der Waals surface area contributed by atoms with Crippen LogP contribution in [0.4, 0.5) is 5.82 Å². The molecular formula is C10H13N5O3. The van der Waals surface area contributed by atoms with Crippen molar-refractivity contribution in [3.8, 4) is 0 Å². The molecule has 3 rings (SSSR count). The highest BCUT2D eigenvalue weighted by Crippen LogP contribution is 2.29. The van der Waals surface area contributed by atoms with Gasteiger partial charge in [-0.25, -0.2) is 19.3 Å². The van der Waals surface area contributed by atoms with E-state index in [0.717, 1.165) is 0 Å². The molecule has 96 valence electrons. The van der Waals surface area contributed by atoms with E-state index in [9.17, 15) is 4.79 Å². The van der Waals surface area contributed by atoms with E-state index in [4.69, 9.17) is 15.6 Å². The summed E-state index contributed by atoms with van der Waals surface area (Å²) >= 11 is 0. The van der Waals surface area contributed by atoms with Gasteiger partial charge in [0.15, 0.2) is 11.5 Å². The molecule has 0 radical (unpaired) electrons. The Kier molecular flexibility index (Phi) is 2.53. The zero-order valence-corrected chi connectivity index (χ0v) is 9.54. The van der Waals surface area contributed by atoms with Crippen LogP contribution in [0.5, 0.6) is 0 Å². The molecule has 0 saturated carbocycles. The lowest BCUT2D eigenvalue weighted by Gasteiger charge is -2.12. The third-order valence-corrected chi connectivity index (χ3v) is 3.11. The number of nitrogens with one attached hydrogen (secondary N) is 1. The summed E-state index contributed by atoms with van der Waals surface area (Å²) in [6, 6.07) is 0. The molecule has 1 saturated heterocycles. The van der Waals surface area contributed by atoms with Crippen molar-refractivity contribution in [2.75, 3.05) is 12.3 Å². The summed E-state index contributed by atoms with van der Waals surface area (Å²) in [5.74, 6) is 0.229. The van der Waals surface area contributed by atoms with Crippen LogP contribution in [0.1, 0.15) is 19.1 Å². The van der Waals surface area contributed by atoms with E-state index in [0.29, 0.717) is 24.0 Å². The number of aromatic nitrogens is 4. The van der Waals surface area contributed by atoms with Crippen LogP contribution in [0.3, 0.4) is 0 Å². The zero-order valence-electron chi connectivity index (χ0n) is 9.54. The first-order chi connectivity index (χ1) is 8.70. The van der Waals surface area contributed by atoms with Gasteiger partial charge in [0, 0.05) is 0 Å². The molecule has 2 aromatic rings. The first-order valence-electron chi connectivity index (χ1n) is 5.67. The van der Waals surface area contributed by atoms with Crippen LogP contribution in [-0.2, 0) is 4.74 Å². The summed E-state index contributed by atoms with van der Waals surface area (Å²) in [4.78, 5) is 22.4. The number of imidazole rings is 1. The Morgan fingerprint density at radius 1 is 1.56 bits per heavy atom. The van der Waals surface area contributed by atoms with Crippen molar-refractivity contribution in [3.63, 3.8) is 0 Å². The Bertz CT molecular complexity index is 634. The van der Waals surface area contributed by atoms with Crippen LogP contribution < -0.4 is 11.4 Å². The number of fused-ring (bicyclic) bond motifs is 1. The number of hydrogen-bond acceptors (Lipinski definition) is 6. The van der Waals surface area contributed by atoms with Crippen molar-refractivity contribution < 1.29 is 9.84 Å². The maximum absolute atomic E-state index is 11.9. The third-order valence-electron chi connectivity index (χ3n) is 3.11. The van der Waals surface area contributed by atoms with E-state index in [1.807, 2.05) is 0 Å². The molecular weight excluding hydrogens is 238 g/mol. The number of nitrogens with zero attached hydrogens (tertiary/aromatic N) is 3. The van der Waals surface area contributed by atoms with Crippen LogP contribution in [-0.4, -0.2) is 37.3 Å². The fourth-order valence-corrected chi connectivity index (χ4v) is 2.23. The number of hydrogen-bond donors (Lipinski definition) is 3. The van der Waals surface area contributed by atoms with Gasteiger partial charge in [-0.3, -0.25) is 0 Å². The van der Waals surface area contributed by atoms with Crippen LogP contribution in [0, 0.1) is 0 Å². The van der Waals surface area contributed by atoms with Crippen LogP contribution in [0.15, 0.2) is 11.1 Å². The van der Waals surface area contributed by atoms with Gasteiger partial charge in [0.25, 0.3) is 0 Å². The fraction of sp³-hybridized carbons (Fsp3) is 0.500. The molecule has 3 heterocycles. The molecule has 1 fully saturated rings. The Morgan fingerprint density at radius 3 is 3.11 bits per heavy atom. The smallest absolute Gasteiger partial charge is 0.329 e. The number of aliphatic hydroxyl groups excluding tert-OH is 1. The minimum Gasteiger partial charge on any atom is -0.394 e. The maximum atomic E-state index is 11.9. The summed E-state index contributed by atoms with van der Waals surface area (Å²) in [7, 11) is 0. The topological polar surface area (TPSA) is 119 Å².